The van der Waals surface area contributed by atoms with Gasteiger partial charge in [-0.1, -0.05) is 6.92 Å². The molecule has 1 N–H and O–H groups in total. The van der Waals surface area contributed by atoms with E-state index in [2.05, 4.69) is 4.74 Å². The number of esters is 1. The van der Waals surface area contributed by atoms with Crippen LogP contribution in [0.15, 0.2) is 0 Å². The summed E-state index contributed by atoms with van der Waals surface area (Å²) in [6.07, 6.45) is 1.17. The number of carbonyl (C=O) groups is 2. The van der Waals surface area contributed by atoms with Crippen molar-refractivity contribution in [3.05, 3.63) is 0 Å². The summed E-state index contributed by atoms with van der Waals surface area (Å²) in [7, 11) is 1.29. The number of aliphatic hydroxyl groups excluding tert-OH is 1. The fourth-order valence-electron chi connectivity index (χ4n) is 1.47. The fraction of sp³-hybridized carbons (Fsp3) is 0.818. The molecule has 0 aliphatic carbocycles. The number of hydrogen-bond donors (Lipinski definition) is 1. The van der Waals surface area contributed by atoms with Gasteiger partial charge in [-0.2, -0.15) is 0 Å². The summed E-state index contributed by atoms with van der Waals surface area (Å²) in [5, 5.41) is 9.46. The van der Waals surface area contributed by atoms with E-state index >= 15 is 0 Å². The van der Waals surface area contributed by atoms with Gasteiger partial charge in [0.05, 0.1) is 19.6 Å². The van der Waals surface area contributed by atoms with Gasteiger partial charge in [0.1, 0.15) is 5.78 Å². The first-order chi connectivity index (χ1) is 7.01. The zero-order chi connectivity index (χ0) is 11.8. The maximum absolute atomic E-state index is 11.1. The summed E-state index contributed by atoms with van der Waals surface area (Å²) in [4.78, 5) is 21.9. The highest BCUT2D eigenvalue weighted by Crippen LogP contribution is 2.15. The standard InChI is InChI=1S/C11H20O4/c1-4-9(8(2)12)5-6-10(13)7-11(14)15-3/h9-10,13H,4-7H2,1-3H3/t9-,10-/m1/s1. The number of methoxy groups -OCH3 is 1. The Morgan fingerprint density at radius 1 is 1.33 bits per heavy atom. The number of ether oxygens (including phenoxy) is 1. The number of aliphatic hydroxyl groups is 1. The molecular formula is C11H20O4. The molecule has 2 atom stereocenters. The minimum absolute atomic E-state index is 0.00250. The quantitative estimate of drug-likeness (QED) is 0.652. The maximum Gasteiger partial charge on any atom is 0.308 e. The van der Waals surface area contributed by atoms with Gasteiger partial charge in [-0.05, 0) is 26.2 Å². The van der Waals surface area contributed by atoms with Gasteiger partial charge < -0.3 is 9.84 Å². The molecule has 0 spiro atoms. The second-order valence-electron chi connectivity index (χ2n) is 3.73. The lowest BCUT2D eigenvalue weighted by molar-refractivity contribution is -0.142. The van der Waals surface area contributed by atoms with Crippen LogP contribution in [0, 0.1) is 5.92 Å². The van der Waals surface area contributed by atoms with Crippen molar-refractivity contribution in [2.75, 3.05) is 7.11 Å². The lowest BCUT2D eigenvalue weighted by Crippen LogP contribution is -2.18. The van der Waals surface area contributed by atoms with Gasteiger partial charge in [0.2, 0.25) is 0 Å². The average Bonchev–Trinajstić information content (AvgIpc) is 2.17. The van der Waals surface area contributed by atoms with Crippen LogP contribution in [0.1, 0.15) is 39.5 Å². The van der Waals surface area contributed by atoms with E-state index in [-0.39, 0.29) is 18.1 Å². The summed E-state index contributed by atoms with van der Waals surface area (Å²) in [5.41, 5.74) is 0. The second-order valence-corrected chi connectivity index (χ2v) is 3.73. The van der Waals surface area contributed by atoms with Crippen molar-refractivity contribution in [1.82, 2.24) is 0 Å². The molecule has 0 aliphatic heterocycles. The summed E-state index contributed by atoms with van der Waals surface area (Å²) in [5.74, 6) is -0.279. The molecule has 4 heteroatoms. The van der Waals surface area contributed by atoms with Gasteiger partial charge in [-0.25, -0.2) is 0 Å². The lowest BCUT2D eigenvalue weighted by Gasteiger charge is -2.13. The third-order valence-electron chi connectivity index (χ3n) is 2.55. The van der Waals surface area contributed by atoms with Crippen LogP contribution in [0.4, 0.5) is 0 Å². The van der Waals surface area contributed by atoms with E-state index in [1.54, 1.807) is 6.92 Å². The SMILES string of the molecule is CC[C@H](CC[C@@H](O)CC(=O)OC)C(C)=O. The molecule has 0 radical (unpaired) electrons. The Kier molecular flexibility index (Phi) is 6.96. The molecule has 0 heterocycles. The predicted octanol–water partition coefficient (Wildman–Crippen LogP) is 1.31. The van der Waals surface area contributed by atoms with Crippen LogP contribution in [0.5, 0.6) is 0 Å². The first kappa shape index (κ1) is 14.1. The Hall–Kier alpha value is -0.900. The molecule has 0 saturated carbocycles. The van der Waals surface area contributed by atoms with Gasteiger partial charge in [0.15, 0.2) is 0 Å². The number of ketones is 1. The molecular weight excluding hydrogens is 196 g/mol. The van der Waals surface area contributed by atoms with Crippen molar-refractivity contribution in [1.29, 1.82) is 0 Å². The van der Waals surface area contributed by atoms with Crippen molar-refractivity contribution < 1.29 is 19.4 Å². The summed E-state index contributed by atoms with van der Waals surface area (Å²) < 4.78 is 4.44. The van der Waals surface area contributed by atoms with Crippen molar-refractivity contribution in [2.24, 2.45) is 5.92 Å². The van der Waals surface area contributed by atoms with Crippen molar-refractivity contribution in [3.63, 3.8) is 0 Å². The van der Waals surface area contributed by atoms with Crippen LogP contribution in [0.2, 0.25) is 0 Å². The molecule has 15 heavy (non-hydrogen) atoms. The van der Waals surface area contributed by atoms with E-state index < -0.39 is 12.1 Å². The van der Waals surface area contributed by atoms with Gasteiger partial charge in [-0.3, -0.25) is 9.59 Å². The van der Waals surface area contributed by atoms with E-state index in [4.69, 9.17) is 0 Å². The van der Waals surface area contributed by atoms with Gasteiger partial charge in [0.25, 0.3) is 0 Å². The molecule has 0 amide bonds. The van der Waals surface area contributed by atoms with Gasteiger partial charge in [0, 0.05) is 5.92 Å². The van der Waals surface area contributed by atoms with Crippen LogP contribution >= 0.6 is 0 Å². The van der Waals surface area contributed by atoms with E-state index in [0.29, 0.717) is 12.8 Å². The Morgan fingerprint density at radius 2 is 1.93 bits per heavy atom. The van der Waals surface area contributed by atoms with E-state index in [1.165, 1.54) is 7.11 Å². The van der Waals surface area contributed by atoms with E-state index in [0.717, 1.165) is 6.42 Å². The van der Waals surface area contributed by atoms with Crippen molar-refractivity contribution >= 4 is 11.8 Å². The highest BCUT2D eigenvalue weighted by molar-refractivity contribution is 5.78. The first-order valence-corrected chi connectivity index (χ1v) is 5.26. The molecule has 4 nitrogen and oxygen atoms in total. The smallest absolute Gasteiger partial charge is 0.308 e. The summed E-state index contributed by atoms with van der Waals surface area (Å²) >= 11 is 0. The molecule has 88 valence electrons. The minimum Gasteiger partial charge on any atom is -0.469 e. The molecule has 0 aliphatic rings. The van der Waals surface area contributed by atoms with Crippen LogP contribution in [0.25, 0.3) is 0 Å². The van der Waals surface area contributed by atoms with E-state index in [1.807, 2.05) is 6.92 Å². The van der Waals surface area contributed by atoms with Crippen LogP contribution in [-0.4, -0.2) is 30.1 Å². The van der Waals surface area contributed by atoms with Crippen LogP contribution in [-0.2, 0) is 14.3 Å². The van der Waals surface area contributed by atoms with Gasteiger partial charge in [-0.15, -0.1) is 0 Å². The molecule has 0 saturated heterocycles. The normalized spacial score (nSPS) is 14.4. The largest absolute Gasteiger partial charge is 0.469 e. The number of hydrogen-bond acceptors (Lipinski definition) is 4. The van der Waals surface area contributed by atoms with Crippen molar-refractivity contribution in [3.8, 4) is 0 Å². The molecule has 0 unspecified atom stereocenters. The molecule has 0 aromatic rings. The van der Waals surface area contributed by atoms with Crippen LogP contribution < -0.4 is 0 Å². The first-order valence-electron chi connectivity index (χ1n) is 5.26. The van der Waals surface area contributed by atoms with Crippen LogP contribution in [0.3, 0.4) is 0 Å². The predicted molar refractivity (Wildman–Crippen MR) is 56.3 cm³/mol. The van der Waals surface area contributed by atoms with E-state index in [9.17, 15) is 14.7 Å². The molecule has 0 fully saturated rings. The fourth-order valence-corrected chi connectivity index (χ4v) is 1.47. The molecule has 0 aromatic heterocycles. The lowest BCUT2D eigenvalue weighted by atomic mass is 9.94. The summed E-state index contributed by atoms with van der Waals surface area (Å²) in [6.45, 7) is 3.50. The number of Topliss-reactive ketones (excluding diaryl/α,β-unsaturated/α-hetero) is 1. The average molecular weight is 216 g/mol. The molecule has 0 bridgehead atoms. The number of carbonyl (C=O) groups excluding carboxylic acids is 2. The molecule has 0 rings (SSSR count). The van der Waals surface area contributed by atoms with Gasteiger partial charge >= 0.3 is 5.97 Å². The Labute approximate surface area is 90.6 Å². The highest BCUT2D eigenvalue weighted by atomic mass is 16.5. The topological polar surface area (TPSA) is 63.6 Å². The van der Waals surface area contributed by atoms with Crippen molar-refractivity contribution in [2.45, 2.75) is 45.6 Å². The molecule has 0 aromatic carbocycles. The maximum atomic E-state index is 11.1. The number of rotatable bonds is 7. The Morgan fingerprint density at radius 3 is 2.33 bits per heavy atom. The zero-order valence-corrected chi connectivity index (χ0v) is 9.66. The monoisotopic (exact) mass is 216 g/mol. The third-order valence-corrected chi connectivity index (χ3v) is 2.55. The zero-order valence-electron chi connectivity index (χ0n) is 9.66. The highest BCUT2D eigenvalue weighted by Gasteiger charge is 2.16. The Balaban J connectivity index is 3.82. The third kappa shape index (κ3) is 6.23. The minimum atomic E-state index is -0.703. The second kappa shape index (κ2) is 7.40. The Bertz CT molecular complexity index is 213. The summed E-state index contributed by atoms with van der Waals surface area (Å²) in [6, 6.07) is 0.